The van der Waals surface area contributed by atoms with Crippen LogP contribution in [-0.2, 0) is 13.0 Å². The van der Waals surface area contributed by atoms with Crippen molar-refractivity contribution in [2.24, 2.45) is 28.2 Å². The molecule has 5 atom stereocenters. The molecule has 2 aromatic carbocycles. The minimum atomic E-state index is -0.285. The lowest BCUT2D eigenvalue weighted by molar-refractivity contribution is -0.108. The zero-order chi connectivity index (χ0) is 32.9. The fraction of sp³-hybridized carbons (Fsp3) is 0.486. The average Bonchev–Trinajstić information content (AvgIpc) is 3.05. The van der Waals surface area contributed by atoms with Gasteiger partial charge >= 0.3 is 0 Å². The summed E-state index contributed by atoms with van der Waals surface area (Å²) >= 11 is 0. The fourth-order valence-corrected chi connectivity index (χ4v) is 8.00. The first-order chi connectivity index (χ1) is 22.6. The van der Waals surface area contributed by atoms with Gasteiger partial charge in [-0.15, -0.1) is 0 Å². The van der Waals surface area contributed by atoms with E-state index in [1.807, 2.05) is 25.1 Å². The topological polar surface area (TPSA) is 100 Å². The van der Waals surface area contributed by atoms with Crippen LogP contribution in [0, 0.1) is 35.9 Å². The largest absolute Gasteiger partial charge is 0.340 e. The summed E-state index contributed by atoms with van der Waals surface area (Å²) < 4.78 is 15.2. The highest BCUT2D eigenvalue weighted by molar-refractivity contribution is 5.96. The molecule has 8 rings (SSSR count). The first kappa shape index (κ1) is 31.4. The Balaban J connectivity index is 1.24. The summed E-state index contributed by atoms with van der Waals surface area (Å²) in [6, 6.07) is 12.7. The van der Waals surface area contributed by atoms with Gasteiger partial charge in [0.15, 0.2) is 11.8 Å². The summed E-state index contributed by atoms with van der Waals surface area (Å²) in [5, 5.41) is 7.75. The van der Waals surface area contributed by atoms with E-state index in [-0.39, 0.29) is 17.4 Å². The molecule has 246 valence electrons. The molecule has 2 bridgehead atoms. The normalized spacial score (nSPS) is 25.4. The minimum Gasteiger partial charge on any atom is -0.340 e. The summed E-state index contributed by atoms with van der Waals surface area (Å²) in [6.07, 6.45) is 6.32. The highest BCUT2D eigenvalue weighted by atomic mass is 19.1. The van der Waals surface area contributed by atoms with Crippen molar-refractivity contribution in [3.05, 3.63) is 82.3 Å². The predicted octanol–water partition coefficient (Wildman–Crippen LogP) is 5.68. The Bertz CT molecular complexity index is 1850. The van der Waals surface area contributed by atoms with Gasteiger partial charge in [0, 0.05) is 44.1 Å². The smallest absolute Gasteiger partial charge is 0.261 e. The van der Waals surface area contributed by atoms with Gasteiger partial charge in [-0.25, -0.2) is 19.4 Å². The van der Waals surface area contributed by atoms with Crippen LogP contribution in [0.3, 0.4) is 0 Å². The molecule has 9 nitrogen and oxygen atoms in total. The number of benzene rings is 2. The van der Waals surface area contributed by atoms with E-state index in [1.165, 1.54) is 18.6 Å². The number of hydrogen-bond donors (Lipinski definition) is 2. The molecule has 4 aromatic rings. The molecular weight excluding hydrogens is 591 g/mol. The van der Waals surface area contributed by atoms with Crippen LogP contribution < -0.4 is 16.2 Å². The molecule has 4 fully saturated rings. The molecule has 0 radical (unpaired) electrons. The van der Waals surface area contributed by atoms with Crippen molar-refractivity contribution in [3.63, 3.8) is 0 Å². The van der Waals surface area contributed by atoms with E-state index in [9.17, 15) is 9.18 Å². The highest BCUT2D eigenvalue weighted by Crippen LogP contribution is 2.61. The van der Waals surface area contributed by atoms with E-state index >= 15 is 0 Å². The number of aliphatic imine (C=N–C) groups is 1. The van der Waals surface area contributed by atoms with Crippen LogP contribution in [-0.4, -0.2) is 62.1 Å². The van der Waals surface area contributed by atoms with Crippen molar-refractivity contribution in [1.29, 1.82) is 0 Å². The number of nitrogens with zero attached hydrogens (tertiary/aromatic N) is 6. The second kappa shape index (κ2) is 12.4. The predicted molar refractivity (Wildman–Crippen MR) is 185 cm³/mol. The zero-order valence-corrected chi connectivity index (χ0v) is 28.0. The van der Waals surface area contributed by atoms with E-state index in [4.69, 9.17) is 9.98 Å². The minimum absolute atomic E-state index is 0.149. The van der Waals surface area contributed by atoms with Crippen molar-refractivity contribution in [3.8, 4) is 11.5 Å². The van der Waals surface area contributed by atoms with Gasteiger partial charge in [0.1, 0.15) is 11.5 Å². The number of anilines is 1. The number of guanidine groups is 1. The molecule has 47 heavy (non-hydrogen) atoms. The first-order valence-electron chi connectivity index (χ1n) is 17.0. The van der Waals surface area contributed by atoms with Gasteiger partial charge in [0.2, 0.25) is 0 Å². The molecule has 3 aliphatic carbocycles. The van der Waals surface area contributed by atoms with Crippen LogP contribution in [0.25, 0.3) is 22.4 Å². The summed E-state index contributed by atoms with van der Waals surface area (Å²) in [7, 11) is 0. The molecule has 1 aliphatic heterocycles. The Hall–Kier alpha value is -4.18. The molecule has 2 N–H and O–H groups in total. The molecule has 0 unspecified atom stereocenters. The number of hydrogen-bond acceptors (Lipinski definition) is 6. The number of rotatable bonds is 6. The van der Waals surface area contributed by atoms with Gasteiger partial charge in [0.05, 0.1) is 28.8 Å². The number of halogens is 1. The molecule has 10 heteroatoms. The Kier molecular flexibility index (Phi) is 8.32. The van der Waals surface area contributed by atoms with E-state index in [1.54, 1.807) is 29.1 Å². The number of aromatic nitrogens is 4. The van der Waals surface area contributed by atoms with Crippen LogP contribution >= 0.6 is 0 Å². The van der Waals surface area contributed by atoms with E-state index in [2.05, 4.69) is 53.2 Å². The van der Waals surface area contributed by atoms with Gasteiger partial charge in [-0.2, -0.15) is 0 Å². The van der Waals surface area contributed by atoms with Crippen molar-refractivity contribution in [1.82, 2.24) is 29.7 Å². The van der Waals surface area contributed by atoms with Gasteiger partial charge in [-0.1, -0.05) is 32.9 Å². The lowest BCUT2D eigenvalue weighted by atomic mass is 9.45. The van der Waals surface area contributed by atoms with Gasteiger partial charge in [0.25, 0.3) is 5.56 Å². The quantitative estimate of drug-likeness (QED) is 0.208. The number of nitrogens with one attached hydrogen (secondary N) is 2. The maximum absolute atomic E-state index is 14.0. The third-order valence-corrected chi connectivity index (χ3v) is 11.0. The average molecular weight is 637 g/mol. The van der Waals surface area contributed by atoms with Crippen LogP contribution in [0.2, 0.25) is 0 Å². The summed E-state index contributed by atoms with van der Waals surface area (Å²) in [5.74, 6) is 3.02. The second-order valence-electron chi connectivity index (χ2n) is 14.4. The molecule has 4 aliphatic rings. The second-order valence-corrected chi connectivity index (χ2v) is 14.4. The maximum atomic E-state index is 14.0. The molecule has 0 amide bonds. The van der Waals surface area contributed by atoms with Crippen LogP contribution in [0.15, 0.2) is 64.6 Å². The Morgan fingerprint density at radius 1 is 1.11 bits per heavy atom. The van der Waals surface area contributed by atoms with Crippen molar-refractivity contribution in [2.45, 2.75) is 72.5 Å². The Labute approximate surface area is 275 Å². The Morgan fingerprint density at radius 3 is 2.62 bits per heavy atom. The van der Waals surface area contributed by atoms with Crippen molar-refractivity contribution in [2.75, 3.05) is 25.0 Å². The third kappa shape index (κ3) is 6.15. The molecule has 3 saturated carbocycles. The summed E-state index contributed by atoms with van der Waals surface area (Å²) in [6.45, 7) is 14.3. The van der Waals surface area contributed by atoms with Crippen molar-refractivity contribution >= 4 is 22.5 Å². The first-order valence-corrected chi connectivity index (χ1v) is 17.0. The van der Waals surface area contributed by atoms with E-state index in [0.717, 1.165) is 54.9 Å². The SMILES string of the molecule is Cc1cnc(-c2nc3cc(NC(=N[C@H]4C[C@@H]5C[C@@H]([C@H]4C)C5(C)C)N4CCN[C@@H](C)C4)ccc3c(=O)n2CCc2ccc(F)cc2)cn1. The van der Waals surface area contributed by atoms with E-state index in [0.29, 0.717) is 58.7 Å². The summed E-state index contributed by atoms with van der Waals surface area (Å²) in [4.78, 5) is 35.8. The molecule has 2 aromatic heterocycles. The third-order valence-electron chi connectivity index (χ3n) is 11.0. The number of fused-ring (bicyclic) bond motifs is 3. The summed E-state index contributed by atoms with van der Waals surface area (Å²) in [5.41, 5.74) is 3.91. The zero-order valence-electron chi connectivity index (χ0n) is 28.0. The van der Waals surface area contributed by atoms with Gasteiger partial charge < -0.3 is 15.5 Å². The van der Waals surface area contributed by atoms with Crippen LogP contribution in [0.4, 0.5) is 10.1 Å². The lowest BCUT2D eigenvalue weighted by Gasteiger charge is -2.61. The fourth-order valence-electron chi connectivity index (χ4n) is 8.00. The van der Waals surface area contributed by atoms with Crippen LogP contribution in [0.1, 0.15) is 51.8 Å². The monoisotopic (exact) mass is 636 g/mol. The molecule has 1 saturated heterocycles. The molecular formula is C37H45FN8O. The number of aryl methyl sites for hydroxylation is 2. The van der Waals surface area contributed by atoms with Crippen molar-refractivity contribution < 1.29 is 4.39 Å². The maximum Gasteiger partial charge on any atom is 0.261 e. The van der Waals surface area contributed by atoms with E-state index < -0.39 is 0 Å². The van der Waals surface area contributed by atoms with Gasteiger partial charge in [-0.05, 0) is 92.2 Å². The van der Waals surface area contributed by atoms with Gasteiger partial charge in [-0.3, -0.25) is 14.3 Å². The van der Waals surface area contributed by atoms with Crippen LogP contribution in [0.5, 0.6) is 0 Å². The Morgan fingerprint density at radius 2 is 1.91 bits per heavy atom. The number of piperazine rings is 1. The molecule has 3 heterocycles. The lowest BCUT2D eigenvalue weighted by Crippen LogP contribution is -2.57. The molecule has 0 spiro atoms. The standard InChI is InChI=1S/C37H45FN8O/c1-22-19-41-33(20-40-22)34-43-32-18-28(10-11-29(32)35(47)46(34)14-12-25-6-8-27(38)9-7-25)42-36(45-15-13-39-23(2)21-45)44-31-17-26-16-30(24(31)3)37(26,4)5/h6-11,18-20,23-24,26,30-31,39H,12-17,21H2,1-5H3,(H,42,44)/t23-,24+,26-,30-,31-/m0/s1. The highest BCUT2D eigenvalue weighted by Gasteiger charge is 2.56.